The third kappa shape index (κ3) is 1.50. The van der Waals surface area contributed by atoms with Gasteiger partial charge in [0.05, 0.1) is 12.2 Å². The third-order valence-electron chi connectivity index (χ3n) is 3.07. The number of carbonyl (C=O) groups is 1. The van der Waals surface area contributed by atoms with E-state index in [9.17, 15) is 4.79 Å². The van der Waals surface area contributed by atoms with Gasteiger partial charge >= 0.3 is 0 Å². The molecule has 1 N–H and O–H groups in total. The second kappa shape index (κ2) is 3.69. The molecule has 0 spiro atoms. The van der Waals surface area contributed by atoms with Crippen molar-refractivity contribution in [1.82, 2.24) is 30.1 Å². The maximum Gasteiger partial charge on any atom is 0.210 e. The van der Waals surface area contributed by atoms with Gasteiger partial charge in [-0.1, -0.05) is 5.21 Å². The molecule has 17 heavy (non-hydrogen) atoms. The van der Waals surface area contributed by atoms with E-state index in [4.69, 9.17) is 0 Å². The molecule has 3 heterocycles. The molecule has 2 aromatic rings. The Morgan fingerprint density at radius 1 is 1.59 bits per heavy atom. The SMILES string of the molecule is CC1Cc2c(nnn2-c2cc[nH]n2)CN1C=O. The number of carbonyl (C=O) groups excluding carboxylic acids is 1. The fourth-order valence-corrected chi connectivity index (χ4v) is 2.08. The Balaban J connectivity index is 2.02. The zero-order valence-corrected chi connectivity index (χ0v) is 9.37. The lowest BCUT2D eigenvalue weighted by molar-refractivity contribution is -0.120. The molecular weight excluding hydrogens is 220 g/mol. The average molecular weight is 232 g/mol. The summed E-state index contributed by atoms with van der Waals surface area (Å²) in [5.74, 6) is 0.727. The van der Waals surface area contributed by atoms with Crippen molar-refractivity contribution < 1.29 is 4.79 Å². The van der Waals surface area contributed by atoms with Crippen molar-refractivity contribution in [3.63, 3.8) is 0 Å². The molecule has 1 aliphatic heterocycles. The summed E-state index contributed by atoms with van der Waals surface area (Å²) in [6.45, 7) is 2.53. The summed E-state index contributed by atoms with van der Waals surface area (Å²) in [6.07, 6.45) is 3.35. The van der Waals surface area contributed by atoms with Crippen LogP contribution in [0.2, 0.25) is 0 Å². The summed E-state index contributed by atoms with van der Waals surface area (Å²) in [7, 11) is 0. The minimum atomic E-state index is 0.163. The standard InChI is InChI=1S/C10H12N6O/c1-7-4-9-8(5-15(7)6-17)12-14-16(9)10-2-3-11-13-10/h2-3,6-7H,4-5H2,1H3,(H,11,13). The van der Waals surface area contributed by atoms with Crippen molar-refractivity contribution in [2.45, 2.75) is 25.9 Å². The highest BCUT2D eigenvalue weighted by Crippen LogP contribution is 2.21. The fraction of sp³-hybridized carbons (Fsp3) is 0.400. The molecule has 0 aliphatic carbocycles. The van der Waals surface area contributed by atoms with Crippen LogP contribution < -0.4 is 0 Å². The smallest absolute Gasteiger partial charge is 0.210 e. The zero-order chi connectivity index (χ0) is 11.8. The number of hydrogen-bond acceptors (Lipinski definition) is 4. The van der Waals surface area contributed by atoms with Crippen molar-refractivity contribution in [1.29, 1.82) is 0 Å². The molecular formula is C10H12N6O. The van der Waals surface area contributed by atoms with Gasteiger partial charge in [0.2, 0.25) is 6.41 Å². The molecule has 1 aliphatic rings. The Labute approximate surface area is 97.4 Å². The van der Waals surface area contributed by atoms with E-state index in [-0.39, 0.29) is 6.04 Å². The second-order valence-electron chi connectivity index (χ2n) is 4.16. The summed E-state index contributed by atoms with van der Waals surface area (Å²) in [4.78, 5) is 12.6. The average Bonchev–Trinajstić information content (AvgIpc) is 2.95. The van der Waals surface area contributed by atoms with Gasteiger partial charge in [-0.25, -0.2) is 0 Å². The topological polar surface area (TPSA) is 79.7 Å². The van der Waals surface area contributed by atoms with Gasteiger partial charge in [-0.05, 0) is 6.92 Å². The summed E-state index contributed by atoms with van der Waals surface area (Å²) in [6, 6.07) is 2.00. The molecule has 0 saturated heterocycles. The molecule has 7 nitrogen and oxygen atoms in total. The van der Waals surface area contributed by atoms with E-state index < -0.39 is 0 Å². The van der Waals surface area contributed by atoms with Crippen LogP contribution >= 0.6 is 0 Å². The number of nitrogens with one attached hydrogen (secondary N) is 1. The largest absolute Gasteiger partial charge is 0.336 e. The van der Waals surface area contributed by atoms with Gasteiger partial charge < -0.3 is 4.90 Å². The Morgan fingerprint density at radius 2 is 2.47 bits per heavy atom. The highest BCUT2D eigenvalue weighted by Gasteiger charge is 2.27. The lowest BCUT2D eigenvalue weighted by Gasteiger charge is -2.29. The van der Waals surface area contributed by atoms with E-state index in [0.717, 1.165) is 30.0 Å². The second-order valence-corrected chi connectivity index (χ2v) is 4.16. The van der Waals surface area contributed by atoms with E-state index in [1.807, 2.05) is 13.0 Å². The Kier molecular flexibility index (Phi) is 2.17. The predicted molar refractivity (Wildman–Crippen MR) is 58.3 cm³/mol. The van der Waals surface area contributed by atoms with Crippen molar-refractivity contribution >= 4 is 6.41 Å². The zero-order valence-electron chi connectivity index (χ0n) is 9.37. The number of amides is 1. The van der Waals surface area contributed by atoms with Crippen LogP contribution in [0.4, 0.5) is 0 Å². The molecule has 1 amide bonds. The quantitative estimate of drug-likeness (QED) is 0.733. The molecule has 0 saturated carbocycles. The predicted octanol–water partition coefficient (Wildman–Crippen LogP) is -0.107. The van der Waals surface area contributed by atoms with Crippen LogP contribution in [0, 0.1) is 0 Å². The maximum absolute atomic E-state index is 10.9. The number of nitrogens with zero attached hydrogens (tertiary/aromatic N) is 5. The van der Waals surface area contributed by atoms with Crippen LogP contribution in [0.5, 0.6) is 0 Å². The molecule has 2 aromatic heterocycles. The van der Waals surface area contributed by atoms with E-state index in [1.165, 1.54) is 0 Å². The molecule has 7 heteroatoms. The summed E-state index contributed by atoms with van der Waals surface area (Å²) < 4.78 is 1.73. The summed E-state index contributed by atoms with van der Waals surface area (Å²) in [5, 5.41) is 15.0. The van der Waals surface area contributed by atoms with Crippen LogP contribution in [-0.4, -0.2) is 42.5 Å². The number of hydrogen-bond donors (Lipinski definition) is 1. The van der Waals surface area contributed by atoms with E-state index in [1.54, 1.807) is 15.8 Å². The van der Waals surface area contributed by atoms with Crippen LogP contribution in [0.15, 0.2) is 12.3 Å². The van der Waals surface area contributed by atoms with Crippen LogP contribution in [0.3, 0.4) is 0 Å². The lowest BCUT2D eigenvalue weighted by Crippen LogP contribution is -2.37. The molecule has 1 unspecified atom stereocenters. The van der Waals surface area contributed by atoms with E-state index in [0.29, 0.717) is 6.54 Å². The molecule has 0 aromatic carbocycles. The summed E-state index contributed by atoms with van der Waals surface area (Å²) in [5.41, 5.74) is 1.88. The van der Waals surface area contributed by atoms with Gasteiger partial charge in [0.15, 0.2) is 5.82 Å². The maximum atomic E-state index is 10.9. The van der Waals surface area contributed by atoms with Crippen LogP contribution in [-0.2, 0) is 17.8 Å². The Hall–Kier alpha value is -2.18. The van der Waals surface area contributed by atoms with Crippen LogP contribution in [0.25, 0.3) is 5.82 Å². The van der Waals surface area contributed by atoms with Gasteiger partial charge in [-0.3, -0.25) is 9.89 Å². The Morgan fingerprint density at radius 3 is 3.18 bits per heavy atom. The van der Waals surface area contributed by atoms with Crippen molar-refractivity contribution in [3.05, 3.63) is 23.7 Å². The summed E-state index contributed by atoms with van der Waals surface area (Å²) >= 11 is 0. The fourth-order valence-electron chi connectivity index (χ4n) is 2.08. The first-order valence-electron chi connectivity index (χ1n) is 5.44. The number of H-pyrrole nitrogens is 1. The number of aromatic nitrogens is 5. The molecule has 0 radical (unpaired) electrons. The first-order valence-corrected chi connectivity index (χ1v) is 5.44. The highest BCUT2D eigenvalue weighted by molar-refractivity contribution is 5.49. The Bertz CT molecular complexity index is 531. The third-order valence-corrected chi connectivity index (χ3v) is 3.07. The lowest BCUT2D eigenvalue weighted by atomic mass is 10.0. The van der Waals surface area contributed by atoms with Crippen LogP contribution in [0.1, 0.15) is 18.3 Å². The first-order chi connectivity index (χ1) is 8.29. The molecule has 0 bridgehead atoms. The number of rotatable bonds is 2. The highest BCUT2D eigenvalue weighted by atomic mass is 16.1. The minimum Gasteiger partial charge on any atom is -0.336 e. The monoisotopic (exact) mass is 232 g/mol. The van der Waals surface area contributed by atoms with Crippen molar-refractivity contribution in [2.75, 3.05) is 0 Å². The molecule has 3 rings (SSSR count). The van der Waals surface area contributed by atoms with Crippen molar-refractivity contribution in [2.24, 2.45) is 0 Å². The van der Waals surface area contributed by atoms with Gasteiger partial charge in [0.1, 0.15) is 5.69 Å². The van der Waals surface area contributed by atoms with Gasteiger partial charge in [-0.2, -0.15) is 9.78 Å². The van der Waals surface area contributed by atoms with Gasteiger partial charge in [0, 0.05) is 24.7 Å². The number of aromatic amines is 1. The normalized spacial score (nSPS) is 19.1. The van der Waals surface area contributed by atoms with E-state index in [2.05, 4.69) is 20.5 Å². The minimum absolute atomic E-state index is 0.163. The van der Waals surface area contributed by atoms with Gasteiger partial charge in [-0.15, -0.1) is 5.10 Å². The molecule has 0 fully saturated rings. The number of fused-ring (bicyclic) bond motifs is 1. The molecule has 1 atom stereocenters. The first kappa shape index (κ1) is 10.0. The van der Waals surface area contributed by atoms with E-state index >= 15 is 0 Å². The molecule has 88 valence electrons. The van der Waals surface area contributed by atoms with Gasteiger partial charge in [0.25, 0.3) is 0 Å². The van der Waals surface area contributed by atoms with Crippen molar-refractivity contribution in [3.8, 4) is 5.82 Å².